The lowest BCUT2D eigenvalue weighted by Gasteiger charge is -1.99. The number of ether oxygens (including phenoxy) is 1. The topological polar surface area (TPSA) is 65.2 Å². The molecule has 1 heterocycles. The van der Waals surface area contributed by atoms with Crippen LogP contribution in [0.25, 0.3) is 0 Å². The van der Waals surface area contributed by atoms with Crippen LogP contribution in [0.2, 0.25) is 0 Å². The summed E-state index contributed by atoms with van der Waals surface area (Å²) in [5.74, 6) is 4.77. The number of hydrogen-bond acceptors (Lipinski definition) is 3. The predicted octanol–water partition coefficient (Wildman–Crippen LogP) is 1.73. The fraction of sp³-hybridized carbons (Fsp3) is 0.0667. The Hall–Kier alpha value is -2.87. The largest absolute Gasteiger partial charge is 0.495 e. The predicted molar refractivity (Wildman–Crippen MR) is 71.7 cm³/mol. The molecule has 0 aliphatic rings. The lowest BCUT2D eigenvalue weighted by molar-refractivity contribution is 0.0996. The van der Waals surface area contributed by atoms with Gasteiger partial charge < -0.3 is 10.5 Å². The van der Waals surface area contributed by atoms with Crippen molar-refractivity contribution in [2.24, 2.45) is 5.73 Å². The molecule has 0 aliphatic carbocycles. The second-order valence-corrected chi connectivity index (χ2v) is 3.92. The Morgan fingerprint density at radius 1 is 1.25 bits per heavy atom. The second-order valence-electron chi connectivity index (χ2n) is 3.92. The smallest absolute Gasteiger partial charge is 0.251 e. The van der Waals surface area contributed by atoms with Crippen molar-refractivity contribution in [1.29, 1.82) is 0 Å². The molecule has 0 atom stereocenters. The molecule has 0 radical (unpaired) electrons. The first-order valence-electron chi connectivity index (χ1n) is 5.70. The van der Waals surface area contributed by atoms with E-state index < -0.39 is 11.7 Å². The zero-order valence-corrected chi connectivity index (χ0v) is 10.7. The van der Waals surface area contributed by atoms with Crippen molar-refractivity contribution in [3.8, 4) is 17.6 Å². The normalized spacial score (nSPS) is 9.50. The Morgan fingerprint density at radius 3 is 2.70 bits per heavy atom. The molecule has 20 heavy (non-hydrogen) atoms. The first-order chi connectivity index (χ1) is 9.60. The van der Waals surface area contributed by atoms with Crippen LogP contribution in [-0.4, -0.2) is 18.0 Å². The molecule has 2 rings (SSSR count). The summed E-state index contributed by atoms with van der Waals surface area (Å²) in [6, 6.07) is 5.67. The zero-order chi connectivity index (χ0) is 14.5. The van der Waals surface area contributed by atoms with Gasteiger partial charge in [-0.25, -0.2) is 4.39 Å². The molecule has 1 aromatic heterocycles. The molecule has 1 aromatic carbocycles. The molecule has 2 aromatic rings. The van der Waals surface area contributed by atoms with E-state index in [1.807, 2.05) is 0 Å². The first kappa shape index (κ1) is 13.6. The van der Waals surface area contributed by atoms with Gasteiger partial charge in [0.2, 0.25) is 0 Å². The van der Waals surface area contributed by atoms with E-state index in [4.69, 9.17) is 10.5 Å². The molecule has 4 nitrogen and oxygen atoms in total. The first-order valence-corrected chi connectivity index (χ1v) is 5.70. The van der Waals surface area contributed by atoms with Gasteiger partial charge >= 0.3 is 0 Å². The SMILES string of the molecule is COc1cncc(C#Cc2ccc(F)c(C(N)=O)c2)c1. The van der Waals surface area contributed by atoms with Crippen molar-refractivity contribution in [2.45, 2.75) is 0 Å². The van der Waals surface area contributed by atoms with Gasteiger partial charge in [-0.05, 0) is 24.3 Å². The molecule has 1 amide bonds. The molecule has 0 fully saturated rings. The van der Waals surface area contributed by atoms with Crippen molar-refractivity contribution < 1.29 is 13.9 Å². The van der Waals surface area contributed by atoms with Gasteiger partial charge in [0, 0.05) is 17.3 Å². The summed E-state index contributed by atoms with van der Waals surface area (Å²) in [4.78, 5) is 15.0. The maximum atomic E-state index is 13.3. The summed E-state index contributed by atoms with van der Waals surface area (Å²) in [6.45, 7) is 0. The minimum atomic E-state index is -0.825. The van der Waals surface area contributed by atoms with Gasteiger partial charge in [0.05, 0.1) is 18.9 Å². The van der Waals surface area contributed by atoms with Crippen molar-refractivity contribution in [3.05, 3.63) is 59.2 Å². The Labute approximate surface area is 115 Å². The highest BCUT2D eigenvalue weighted by atomic mass is 19.1. The number of halogens is 1. The van der Waals surface area contributed by atoms with Crippen LogP contribution in [0.15, 0.2) is 36.7 Å². The zero-order valence-electron chi connectivity index (χ0n) is 10.7. The number of nitrogens with two attached hydrogens (primary N) is 1. The third-order valence-corrected chi connectivity index (χ3v) is 2.53. The van der Waals surface area contributed by atoms with Gasteiger partial charge in [0.15, 0.2) is 0 Å². The summed E-state index contributed by atoms with van der Waals surface area (Å²) in [7, 11) is 1.54. The highest BCUT2D eigenvalue weighted by molar-refractivity contribution is 5.93. The van der Waals surface area contributed by atoms with Crippen LogP contribution in [0.3, 0.4) is 0 Å². The maximum absolute atomic E-state index is 13.3. The molecule has 0 saturated heterocycles. The maximum Gasteiger partial charge on any atom is 0.251 e. The summed E-state index contributed by atoms with van der Waals surface area (Å²) < 4.78 is 18.3. The third-order valence-electron chi connectivity index (χ3n) is 2.53. The Kier molecular flexibility index (Phi) is 3.96. The summed E-state index contributed by atoms with van der Waals surface area (Å²) in [5.41, 5.74) is 6.03. The Balaban J connectivity index is 2.33. The summed E-state index contributed by atoms with van der Waals surface area (Å²) in [6.07, 6.45) is 3.14. The van der Waals surface area contributed by atoms with Crippen LogP contribution in [-0.2, 0) is 0 Å². The molecule has 0 unspecified atom stereocenters. The van der Waals surface area contributed by atoms with E-state index in [0.29, 0.717) is 16.9 Å². The van der Waals surface area contributed by atoms with E-state index in [9.17, 15) is 9.18 Å². The molecular formula is C15H11FN2O2. The number of aromatic nitrogens is 1. The van der Waals surface area contributed by atoms with Crippen LogP contribution < -0.4 is 10.5 Å². The Morgan fingerprint density at radius 2 is 2.00 bits per heavy atom. The number of nitrogens with zero attached hydrogens (tertiary/aromatic N) is 1. The number of benzene rings is 1. The second kappa shape index (κ2) is 5.85. The van der Waals surface area contributed by atoms with E-state index >= 15 is 0 Å². The number of carbonyl (C=O) groups is 1. The number of carbonyl (C=O) groups excluding carboxylic acids is 1. The quantitative estimate of drug-likeness (QED) is 0.845. The number of primary amides is 1. The highest BCUT2D eigenvalue weighted by Crippen LogP contribution is 2.11. The number of hydrogen-bond donors (Lipinski definition) is 1. The molecular weight excluding hydrogens is 259 g/mol. The van der Waals surface area contributed by atoms with E-state index in [-0.39, 0.29) is 5.56 Å². The monoisotopic (exact) mass is 270 g/mol. The van der Waals surface area contributed by atoms with Crippen molar-refractivity contribution in [1.82, 2.24) is 4.98 Å². The van der Waals surface area contributed by atoms with E-state index in [1.165, 1.54) is 19.2 Å². The van der Waals surface area contributed by atoms with Gasteiger partial charge in [-0.2, -0.15) is 0 Å². The number of rotatable bonds is 2. The minimum absolute atomic E-state index is 0.180. The van der Waals surface area contributed by atoms with Gasteiger partial charge in [0.25, 0.3) is 5.91 Å². The van der Waals surface area contributed by atoms with Crippen molar-refractivity contribution >= 4 is 5.91 Å². The van der Waals surface area contributed by atoms with Crippen LogP contribution >= 0.6 is 0 Å². The van der Waals surface area contributed by atoms with Crippen LogP contribution in [0.1, 0.15) is 21.5 Å². The molecule has 0 saturated carbocycles. The van der Waals surface area contributed by atoms with Gasteiger partial charge in [-0.1, -0.05) is 11.8 Å². The molecule has 0 bridgehead atoms. The fourth-order valence-corrected chi connectivity index (χ4v) is 1.54. The molecule has 5 heteroatoms. The number of pyridine rings is 1. The molecule has 0 aliphatic heterocycles. The van der Waals surface area contributed by atoms with Crippen molar-refractivity contribution in [3.63, 3.8) is 0 Å². The third kappa shape index (κ3) is 3.12. The van der Waals surface area contributed by atoms with E-state index in [2.05, 4.69) is 16.8 Å². The van der Waals surface area contributed by atoms with Crippen LogP contribution in [0.5, 0.6) is 5.75 Å². The molecule has 100 valence electrons. The molecule has 2 N–H and O–H groups in total. The average molecular weight is 270 g/mol. The number of amides is 1. The summed E-state index contributed by atoms with van der Waals surface area (Å²) in [5, 5.41) is 0. The van der Waals surface area contributed by atoms with E-state index in [1.54, 1.807) is 18.5 Å². The average Bonchev–Trinajstić information content (AvgIpc) is 2.46. The summed E-state index contributed by atoms with van der Waals surface area (Å²) >= 11 is 0. The van der Waals surface area contributed by atoms with Gasteiger partial charge in [-0.3, -0.25) is 9.78 Å². The van der Waals surface area contributed by atoms with Gasteiger partial charge in [0.1, 0.15) is 11.6 Å². The van der Waals surface area contributed by atoms with Crippen molar-refractivity contribution in [2.75, 3.05) is 7.11 Å². The molecule has 0 spiro atoms. The van der Waals surface area contributed by atoms with Crippen LogP contribution in [0.4, 0.5) is 4.39 Å². The van der Waals surface area contributed by atoms with E-state index in [0.717, 1.165) is 6.07 Å². The lowest BCUT2D eigenvalue weighted by atomic mass is 10.1. The van der Waals surface area contributed by atoms with Gasteiger partial charge in [-0.15, -0.1) is 0 Å². The Bertz CT molecular complexity index is 717. The number of methoxy groups -OCH3 is 1. The fourth-order valence-electron chi connectivity index (χ4n) is 1.54. The lowest BCUT2D eigenvalue weighted by Crippen LogP contribution is -2.13. The highest BCUT2D eigenvalue weighted by Gasteiger charge is 2.07. The standard InChI is InChI=1S/C15H11FN2O2/c1-20-12-6-11(8-18-9-12)3-2-10-4-5-14(16)13(7-10)15(17)19/h4-9H,1H3,(H2,17,19). The van der Waals surface area contributed by atoms with Crippen LogP contribution in [0, 0.1) is 17.7 Å². The minimum Gasteiger partial charge on any atom is -0.495 e.